The Labute approximate surface area is 69.0 Å². The van der Waals surface area contributed by atoms with Gasteiger partial charge in [0.05, 0.1) is 0 Å². The van der Waals surface area contributed by atoms with Crippen LogP contribution in [0.2, 0.25) is 0 Å². The lowest BCUT2D eigenvalue weighted by Gasteiger charge is -2.53. The molecule has 0 saturated heterocycles. The molecule has 0 N–H and O–H groups in total. The number of rotatable bonds is 1. The second-order valence-corrected chi connectivity index (χ2v) is 4.65. The maximum absolute atomic E-state index is 6.15. The Balaban J connectivity index is 2.66. The van der Waals surface area contributed by atoms with Gasteiger partial charge in [-0.15, -0.1) is 11.6 Å². The van der Waals surface area contributed by atoms with Crippen molar-refractivity contribution in [1.82, 2.24) is 0 Å². The summed E-state index contributed by atoms with van der Waals surface area (Å²) < 4.78 is 0. The van der Waals surface area contributed by atoms with E-state index in [1.807, 2.05) is 0 Å². The van der Waals surface area contributed by atoms with Crippen molar-refractivity contribution in [2.24, 2.45) is 17.3 Å². The van der Waals surface area contributed by atoms with E-state index < -0.39 is 0 Å². The lowest BCUT2D eigenvalue weighted by Crippen LogP contribution is -2.50. The summed E-state index contributed by atoms with van der Waals surface area (Å²) in [5, 5.41) is 0.419. The van der Waals surface area contributed by atoms with Crippen LogP contribution in [-0.2, 0) is 0 Å². The van der Waals surface area contributed by atoms with Crippen molar-refractivity contribution in [3.05, 3.63) is 0 Å². The molecule has 0 amide bonds. The molecule has 0 heterocycles. The van der Waals surface area contributed by atoms with Crippen molar-refractivity contribution >= 4 is 11.6 Å². The van der Waals surface area contributed by atoms with Crippen molar-refractivity contribution in [3.8, 4) is 0 Å². The van der Waals surface area contributed by atoms with Gasteiger partial charge in [-0.3, -0.25) is 0 Å². The van der Waals surface area contributed by atoms with Crippen LogP contribution >= 0.6 is 11.6 Å². The van der Waals surface area contributed by atoms with E-state index in [-0.39, 0.29) is 0 Å². The van der Waals surface area contributed by atoms with Crippen molar-refractivity contribution in [3.63, 3.8) is 0 Å². The Bertz CT molecular complexity index is 111. The molecule has 0 bridgehead atoms. The van der Waals surface area contributed by atoms with Crippen LogP contribution in [0.5, 0.6) is 0 Å². The first-order chi connectivity index (χ1) is 4.49. The summed E-state index contributed by atoms with van der Waals surface area (Å²) in [7, 11) is 0. The third kappa shape index (κ3) is 0.887. The molecule has 0 aromatic rings. The van der Waals surface area contributed by atoms with Gasteiger partial charge in [0.15, 0.2) is 0 Å². The Morgan fingerprint density at radius 2 is 2.00 bits per heavy atom. The summed E-state index contributed by atoms with van der Waals surface area (Å²) in [6, 6.07) is 0. The summed E-state index contributed by atoms with van der Waals surface area (Å²) in [5.41, 5.74) is 0.404. The van der Waals surface area contributed by atoms with E-state index in [0.717, 1.165) is 11.8 Å². The average Bonchev–Trinajstić information content (AvgIpc) is 1.86. The van der Waals surface area contributed by atoms with E-state index in [2.05, 4.69) is 27.7 Å². The molecule has 1 heteroatoms. The normalized spacial score (nSPS) is 47.4. The molecule has 3 atom stereocenters. The minimum atomic E-state index is 0.404. The fourth-order valence-electron chi connectivity index (χ4n) is 1.90. The summed E-state index contributed by atoms with van der Waals surface area (Å²) >= 11 is 6.15. The highest BCUT2D eigenvalue weighted by molar-refractivity contribution is 6.21. The first-order valence-corrected chi connectivity index (χ1v) is 4.57. The maximum Gasteiger partial charge on any atom is 0.0397 e. The van der Waals surface area contributed by atoms with Crippen LogP contribution in [0.4, 0.5) is 0 Å². The second-order valence-electron chi connectivity index (χ2n) is 4.13. The highest BCUT2D eigenvalue weighted by Crippen LogP contribution is 2.54. The van der Waals surface area contributed by atoms with Crippen LogP contribution in [0.1, 0.15) is 34.1 Å². The molecule has 1 rings (SSSR count). The van der Waals surface area contributed by atoms with Crippen LogP contribution < -0.4 is 0 Å². The summed E-state index contributed by atoms with van der Waals surface area (Å²) in [6.07, 6.45) is 1.20. The topological polar surface area (TPSA) is 0 Å². The lowest BCUT2D eigenvalue weighted by atomic mass is 9.56. The first-order valence-electron chi connectivity index (χ1n) is 4.13. The fourth-order valence-corrected chi connectivity index (χ4v) is 2.63. The molecule has 0 aromatic heterocycles. The van der Waals surface area contributed by atoms with E-state index in [1.54, 1.807) is 0 Å². The Morgan fingerprint density at radius 3 is 2.10 bits per heavy atom. The monoisotopic (exact) mass is 160 g/mol. The van der Waals surface area contributed by atoms with E-state index in [0.29, 0.717) is 10.8 Å². The molecule has 1 aliphatic carbocycles. The number of alkyl halides is 1. The zero-order chi connectivity index (χ0) is 7.94. The number of hydrogen-bond donors (Lipinski definition) is 0. The molecular weight excluding hydrogens is 144 g/mol. The van der Waals surface area contributed by atoms with Crippen LogP contribution in [0.25, 0.3) is 0 Å². The van der Waals surface area contributed by atoms with Crippen molar-refractivity contribution in [2.75, 3.05) is 0 Å². The SMILES string of the molecule is CC(C)C1(C)C(C)CC1Cl. The molecular formula is C9H17Cl. The zero-order valence-corrected chi connectivity index (χ0v) is 8.07. The van der Waals surface area contributed by atoms with Crippen LogP contribution in [-0.4, -0.2) is 5.38 Å². The van der Waals surface area contributed by atoms with Crippen molar-refractivity contribution in [2.45, 2.75) is 39.5 Å². The smallest absolute Gasteiger partial charge is 0.0397 e. The Kier molecular flexibility index (Phi) is 2.02. The molecule has 1 aliphatic rings. The van der Waals surface area contributed by atoms with E-state index >= 15 is 0 Å². The van der Waals surface area contributed by atoms with Gasteiger partial charge in [-0.05, 0) is 23.7 Å². The molecule has 60 valence electrons. The largest absolute Gasteiger partial charge is 0.122 e. The predicted octanol–water partition coefficient (Wildman–Crippen LogP) is 3.30. The number of halogens is 1. The van der Waals surface area contributed by atoms with E-state index in [4.69, 9.17) is 11.6 Å². The van der Waals surface area contributed by atoms with Crippen LogP contribution in [0, 0.1) is 17.3 Å². The van der Waals surface area contributed by atoms with Gasteiger partial charge in [-0.2, -0.15) is 0 Å². The lowest BCUT2D eigenvalue weighted by molar-refractivity contribution is 0.0208. The Morgan fingerprint density at radius 1 is 1.50 bits per heavy atom. The molecule has 0 aliphatic heterocycles. The van der Waals surface area contributed by atoms with E-state index in [9.17, 15) is 0 Å². The quantitative estimate of drug-likeness (QED) is 0.517. The molecule has 3 unspecified atom stereocenters. The second kappa shape index (κ2) is 2.41. The van der Waals surface area contributed by atoms with Crippen molar-refractivity contribution < 1.29 is 0 Å². The van der Waals surface area contributed by atoms with Gasteiger partial charge in [-0.1, -0.05) is 27.7 Å². The van der Waals surface area contributed by atoms with Crippen LogP contribution in [0.3, 0.4) is 0 Å². The Hall–Kier alpha value is 0.290. The maximum atomic E-state index is 6.15. The van der Waals surface area contributed by atoms with Crippen molar-refractivity contribution in [1.29, 1.82) is 0 Å². The van der Waals surface area contributed by atoms with E-state index in [1.165, 1.54) is 6.42 Å². The van der Waals surface area contributed by atoms with Gasteiger partial charge in [-0.25, -0.2) is 0 Å². The van der Waals surface area contributed by atoms with Gasteiger partial charge in [0.25, 0.3) is 0 Å². The highest BCUT2D eigenvalue weighted by Gasteiger charge is 2.49. The highest BCUT2D eigenvalue weighted by atomic mass is 35.5. The average molecular weight is 161 g/mol. The summed E-state index contributed by atoms with van der Waals surface area (Å²) in [4.78, 5) is 0. The van der Waals surface area contributed by atoms with Gasteiger partial charge in [0, 0.05) is 5.38 Å². The van der Waals surface area contributed by atoms with Gasteiger partial charge in [0.2, 0.25) is 0 Å². The minimum Gasteiger partial charge on any atom is -0.122 e. The van der Waals surface area contributed by atoms with Gasteiger partial charge in [0.1, 0.15) is 0 Å². The van der Waals surface area contributed by atoms with Gasteiger partial charge >= 0.3 is 0 Å². The fraction of sp³-hybridized carbons (Fsp3) is 1.00. The molecule has 0 aromatic carbocycles. The third-order valence-corrected chi connectivity index (χ3v) is 4.19. The molecule has 10 heavy (non-hydrogen) atoms. The first kappa shape index (κ1) is 8.39. The molecule has 0 spiro atoms. The molecule has 0 radical (unpaired) electrons. The van der Waals surface area contributed by atoms with Gasteiger partial charge < -0.3 is 0 Å². The van der Waals surface area contributed by atoms with Crippen LogP contribution in [0.15, 0.2) is 0 Å². The standard InChI is InChI=1S/C9H17Cl/c1-6(2)9(4)7(3)5-8(9)10/h6-8H,5H2,1-4H3. The zero-order valence-electron chi connectivity index (χ0n) is 7.32. The summed E-state index contributed by atoms with van der Waals surface area (Å²) in [5.74, 6) is 1.54. The molecule has 1 saturated carbocycles. The minimum absolute atomic E-state index is 0.404. The third-order valence-electron chi connectivity index (χ3n) is 3.54. The molecule has 1 fully saturated rings. The summed E-state index contributed by atoms with van der Waals surface area (Å²) in [6.45, 7) is 9.15. The number of hydrogen-bond acceptors (Lipinski definition) is 0. The molecule has 0 nitrogen and oxygen atoms in total. The predicted molar refractivity (Wildman–Crippen MR) is 46.4 cm³/mol.